The third kappa shape index (κ3) is 6.75. The van der Waals surface area contributed by atoms with Crippen LogP contribution in [-0.4, -0.2) is 58.2 Å². The lowest BCUT2D eigenvalue weighted by atomic mass is 9.91. The van der Waals surface area contributed by atoms with Crippen LogP contribution in [0.15, 0.2) is 108 Å². The zero-order valence-electron chi connectivity index (χ0n) is 25.7. The molecule has 1 amide bonds. The molecule has 12 nitrogen and oxygen atoms in total. The van der Waals surface area contributed by atoms with Gasteiger partial charge in [0.1, 0.15) is 11.4 Å². The van der Waals surface area contributed by atoms with Crippen LogP contribution < -0.4 is 5.32 Å². The Kier molecular flexibility index (Phi) is 9.07. The van der Waals surface area contributed by atoms with Crippen LogP contribution in [-0.2, 0) is 16.1 Å². The van der Waals surface area contributed by atoms with Crippen molar-refractivity contribution in [3.63, 3.8) is 0 Å². The zero-order valence-corrected chi connectivity index (χ0v) is 26.6. The first-order chi connectivity index (χ1) is 23.4. The number of phenolic OH excluding ortho intramolecular Hbond substituents is 1. The molecule has 48 heavy (non-hydrogen) atoms. The highest BCUT2D eigenvalue weighted by Crippen LogP contribution is 2.43. The number of benzene rings is 4. The summed E-state index contributed by atoms with van der Waals surface area (Å²) < 4.78 is 14.8. The minimum atomic E-state index is -0.696. The van der Waals surface area contributed by atoms with Gasteiger partial charge in [-0.1, -0.05) is 67.2 Å². The van der Waals surface area contributed by atoms with Crippen LogP contribution >= 0.6 is 11.8 Å². The number of rotatable bonds is 9. The number of phenols is 1. The number of fused-ring (bicyclic) bond motifs is 1. The summed E-state index contributed by atoms with van der Waals surface area (Å²) in [6.45, 7) is 2.04. The third-order valence-electron chi connectivity index (χ3n) is 8.16. The standard InChI is InChI=1S/C35H31N7O5S/c1-21-31(20-48-35-39-40-41-42(35)26-14-16-27(44)17-15-26)46-34(47-32(21)23-8-6-22(19-43)7-9-23)24-10-12-25(13-11-24)37-33(45)30-18-36-28-4-2-3-5-29(28)38-30/h2-18,21,31-32,34,43-44H,19-20H2,1H3,(H,37,45)/t21-,31+,32+,34+/m0/s1. The van der Waals surface area contributed by atoms with Crippen molar-refractivity contribution in [2.45, 2.75) is 37.2 Å². The lowest BCUT2D eigenvalue weighted by molar-refractivity contribution is -0.268. The van der Waals surface area contributed by atoms with Crippen LogP contribution in [0.3, 0.4) is 0 Å². The minimum Gasteiger partial charge on any atom is -0.508 e. The van der Waals surface area contributed by atoms with Gasteiger partial charge in [0.25, 0.3) is 5.91 Å². The summed E-state index contributed by atoms with van der Waals surface area (Å²) >= 11 is 1.46. The van der Waals surface area contributed by atoms with E-state index in [2.05, 4.69) is 37.7 Å². The molecule has 1 aliphatic heterocycles. The molecular formula is C35H31N7O5S. The fourth-order valence-corrected chi connectivity index (χ4v) is 6.53. The first-order valence-electron chi connectivity index (χ1n) is 15.3. The summed E-state index contributed by atoms with van der Waals surface area (Å²) in [7, 11) is 0. The molecule has 0 aliphatic carbocycles. The van der Waals surface area contributed by atoms with E-state index in [4.69, 9.17) is 9.47 Å². The van der Waals surface area contributed by atoms with Crippen molar-refractivity contribution in [1.29, 1.82) is 0 Å². The molecule has 13 heteroatoms. The predicted molar refractivity (Wildman–Crippen MR) is 178 cm³/mol. The Hall–Kier alpha value is -5.21. The van der Waals surface area contributed by atoms with Crippen molar-refractivity contribution < 1.29 is 24.5 Å². The van der Waals surface area contributed by atoms with E-state index in [1.54, 1.807) is 41.1 Å². The molecule has 242 valence electrons. The van der Waals surface area contributed by atoms with Gasteiger partial charge in [-0.2, -0.15) is 4.68 Å². The van der Waals surface area contributed by atoms with Crippen LogP contribution in [0, 0.1) is 5.92 Å². The highest BCUT2D eigenvalue weighted by atomic mass is 32.2. The van der Waals surface area contributed by atoms with E-state index < -0.39 is 6.29 Å². The quantitative estimate of drug-likeness (QED) is 0.165. The van der Waals surface area contributed by atoms with Gasteiger partial charge >= 0.3 is 0 Å². The number of para-hydroxylation sites is 2. The van der Waals surface area contributed by atoms with E-state index in [1.807, 2.05) is 60.7 Å². The molecule has 0 spiro atoms. The van der Waals surface area contributed by atoms with Gasteiger partial charge in [0.15, 0.2) is 6.29 Å². The maximum atomic E-state index is 13.0. The number of anilines is 1. The number of thioether (sulfide) groups is 1. The van der Waals surface area contributed by atoms with Gasteiger partial charge in [0.05, 0.1) is 41.7 Å². The lowest BCUT2D eigenvalue weighted by Gasteiger charge is -2.41. The van der Waals surface area contributed by atoms with E-state index in [1.165, 1.54) is 18.0 Å². The first-order valence-corrected chi connectivity index (χ1v) is 16.3. The van der Waals surface area contributed by atoms with Crippen molar-refractivity contribution in [3.8, 4) is 11.4 Å². The van der Waals surface area contributed by atoms with Crippen LogP contribution in [0.4, 0.5) is 5.69 Å². The molecule has 7 rings (SSSR count). The number of aliphatic hydroxyl groups is 1. The highest BCUT2D eigenvalue weighted by molar-refractivity contribution is 7.99. The summed E-state index contributed by atoms with van der Waals surface area (Å²) in [4.78, 5) is 21.7. The van der Waals surface area contributed by atoms with Gasteiger partial charge in [-0.25, -0.2) is 4.98 Å². The molecule has 1 aliphatic rings. The molecule has 1 saturated heterocycles. The number of carbonyl (C=O) groups excluding carboxylic acids is 1. The summed E-state index contributed by atoms with van der Waals surface area (Å²) in [6, 6.07) is 29.1. The van der Waals surface area contributed by atoms with E-state index in [0.29, 0.717) is 22.1 Å². The number of nitrogens with one attached hydrogen (secondary N) is 1. The van der Waals surface area contributed by atoms with Crippen molar-refractivity contribution in [3.05, 3.63) is 126 Å². The van der Waals surface area contributed by atoms with Gasteiger partial charge in [0.2, 0.25) is 5.16 Å². The number of ether oxygens (including phenoxy) is 2. The second kappa shape index (κ2) is 13.9. The summed E-state index contributed by atoms with van der Waals surface area (Å²) in [6.07, 6.45) is 0.206. The van der Waals surface area contributed by atoms with Crippen LogP contribution in [0.1, 0.15) is 46.5 Å². The van der Waals surface area contributed by atoms with E-state index in [0.717, 1.165) is 27.9 Å². The molecule has 0 saturated carbocycles. The smallest absolute Gasteiger partial charge is 0.275 e. The Bertz CT molecular complexity index is 2020. The van der Waals surface area contributed by atoms with Crippen molar-refractivity contribution >= 4 is 34.4 Å². The summed E-state index contributed by atoms with van der Waals surface area (Å²) in [5.41, 5.74) is 5.46. The largest absolute Gasteiger partial charge is 0.508 e. The third-order valence-corrected chi connectivity index (χ3v) is 9.17. The Morgan fingerprint density at radius 1 is 0.917 bits per heavy atom. The molecule has 0 bridgehead atoms. The zero-order chi connectivity index (χ0) is 33.0. The van der Waals surface area contributed by atoms with Gasteiger partial charge in [-0.3, -0.25) is 9.78 Å². The number of carbonyl (C=O) groups is 1. The molecule has 6 aromatic rings. The van der Waals surface area contributed by atoms with E-state index in [-0.39, 0.29) is 42.1 Å². The van der Waals surface area contributed by atoms with Gasteiger partial charge in [-0.15, -0.1) is 5.10 Å². The highest BCUT2D eigenvalue weighted by Gasteiger charge is 2.38. The molecular weight excluding hydrogens is 630 g/mol. The SMILES string of the molecule is C[C@H]1[C@@H](CSc2nnnn2-c2ccc(O)cc2)O[C@@H](c2ccc(NC(=O)c3cnc4ccccc4n3)cc2)O[C@H]1c1ccc(CO)cc1. The molecule has 0 unspecified atom stereocenters. The second-order valence-corrected chi connectivity index (χ2v) is 12.3. The molecule has 0 radical (unpaired) electrons. The number of hydrogen-bond acceptors (Lipinski definition) is 11. The number of tetrazole rings is 1. The molecule has 4 atom stereocenters. The molecule has 1 fully saturated rings. The predicted octanol–water partition coefficient (Wildman–Crippen LogP) is 5.64. The second-order valence-electron chi connectivity index (χ2n) is 11.3. The molecule has 2 aromatic heterocycles. The van der Waals surface area contributed by atoms with Crippen molar-refractivity contribution in [1.82, 2.24) is 30.2 Å². The number of nitrogens with zero attached hydrogens (tertiary/aromatic N) is 6. The maximum absolute atomic E-state index is 13.0. The normalized spacial score (nSPS) is 19.3. The Labute approximate surface area is 279 Å². The Morgan fingerprint density at radius 2 is 1.65 bits per heavy atom. The molecule has 3 heterocycles. The number of aromatic hydroxyl groups is 1. The van der Waals surface area contributed by atoms with Crippen LogP contribution in [0.5, 0.6) is 5.75 Å². The summed E-state index contributed by atoms with van der Waals surface area (Å²) in [5, 5.41) is 34.9. The average Bonchev–Trinajstić information content (AvgIpc) is 3.60. The van der Waals surface area contributed by atoms with Crippen LogP contribution in [0.25, 0.3) is 16.7 Å². The number of aromatic nitrogens is 6. The Balaban J connectivity index is 1.09. The fraction of sp³-hybridized carbons (Fsp3) is 0.200. The monoisotopic (exact) mass is 661 g/mol. The lowest BCUT2D eigenvalue weighted by Crippen LogP contribution is -2.38. The minimum absolute atomic E-state index is 0.0432. The van der Waals surface area contributed by atoms with Crippen molar-refractivity contribution in [2.24, 2.45) is 5.92 Å². The van der Waals surface area contributed by atoms with Gasteiger partial charge in [0, 0.05) is 22.9 Å². The van der Waals surface area contributed by atoms with Gasteiger partial charge < -0.3 is 25.0 Å². The average molecular weight is 662 g/mol. The molecule has 3 N–H and O–H groups in total. The first kappa shape index (κ1) is 31.4. The van der Waals surface area contributed by atoms with Gasteiger partial charge in [-0.05, 0) is 70.1 Å². The topological polar surface area (TPSA) is 157 Å². The number of aliphatic hydroxyl groups excluding tert-OH is 1. The van der Waals surface area contributed by atoms with E-state index in [9.17, 15) is 15.0 Å². The fourth-order valence-electron chi connectivity index (χ4n) is 5.48. The maximum Gasteiger partial charge on any atom is 0.275 e. The Morgan fingerprint density at radius 3 is 2.40 bits per heavy atom. The molecule has 4 aromatic carbocycles. The van der Waals surface area contributed by atoms with E-state index >= 15 is 0 Å². The van der Waals surface area contributed by atoms with Crippen molar-refractivity contribution in [2.75, 3.05) is 11.1 Å². The number of hydrogen-bond donors (Lipinski definition) is 3. The summed E-state index contributed by atoms with van der Waals surface area (Å²) in [5.74, 6) is 0.279. The number of amides is 1. The van der Waals surface area contributed by atoms with Crippen LogP contribution in [0.2, 0.25) is 0 Å².